The Kier molecular flexibility index (Phi) is 2.88. The average molecular weight is 233 g/mol. The third-order valence-corrected chi connectivity index (χ3v) is 2.79. The van der Waals surface area contributed by atoms with Crippen LogP contribution >= 0.6 is 0 Å². The second-order valence-corrected chi connectivity index (χ2v) is 4.43. The predicted molar refractivity (Wildman–Crippen MR) is 67.1 cm³/mol. The van der Waals surface area contributed by atoms with Gasteiger partial charge in [-0.05, 0) is 12.1 Å². The van der Waals surface area contributed by atoms with Crippen LogP contribution in [0.4, 0.5) is 10.2 Å². The van der Waals surface area contributed by atoms with Crippen molar-refractivity contribution in [3.63, 3.8) is 0 Å². The molecule has 3 nitrogen and oxygen atoms in total. The number of anilines is 1. The minimum Gasteiger partial charge on any atom is -0.383 e. The van der Waals surface area contributed by atoms with Crippen molar-refractivity contribution in [2.24, 2.45) is 7.05 Å². The number of nitrogens with two attached hydrogens (primary N) is 1. The highest BCUT2D eigenvalue weighted by Crippen LogP contribution is 2.28. The summed E-state index contributed by atoms with van der Waals surface area (Å²) in [5, 5.41) is 0. The minimum absolute atomic E-state index is 0.279. The van der Waals surface area contributed by atoms with Gasteiger partial charge < -0.3 is 10.3 Å². The molecule has 2 rings (SSSR count). The Bertz CT molecular complexity index is 544. The summed E-state index contributed by atoms with van der Waals surface area (Å²) in [6, 6.07) is 6.33. The lowest BCUT2D eigenvalue weighted by Crippen LogP contribution is -2.02. The van der Waals surface area contributed by atoms with Gasteiger partial charge in [0.2, 0.25) is 0 Å². The second kappa shape index (κ2) is 4.20. The van der Waals surface area contributed by atoms with Crippen LogP contribution in [0.3, 0.4) is 0 Å². The molecule has 0 fully saturated rings. The molecule has 0 radical (unpaired) electrons. The largest absolute Gasteiger partial charge is 0.383 e. The number of nitrogens with zero attached hydrogens (tertiary/aromatic N) is 2. The molecule has 0 unspecified atom stereocenters. The highest BCUT2D eigenvalue weighted by Gasteiger charge is 2.15. The molecule has 90 valence electrons. The predicted octanol–water partition coefficient (Wildman–Crippen LogP) is 2.93. The Labute approximate surface area is 100 Å². The average Bonchev–Trinajstić information content (AvgIpc) is 2.56. The number of rotatable bonds is 2. The third kappa shape index (κ3) is 2.02. The van der Waals surface area contributed by atoms with Gasteiger partial charge in [0.1, 0.15) is 23.2 Å². The maximum atomic E-state index is 13.2. The van der Waals surface area contributed by atoms with E-state index in [9.17, 15) is 4.39 Å². The van der Waals surface area contributed by atoms with Crippen molar-refractivity contribution in [1.82, 2.24) is 9.55 Å². The molecule has 17 heavy (non-hydrogen) atoms. The molecule has 0 aliphatic heterocycles. The van der Waals surface area contributed by atoms with Gasteiger partial charge in [-0.2, -0.15) is 0 Å². The Hall–Kier alpha value is -1.84. The number of hydrogen-bond acceptors (Lipinski definition) is 2. The fourth-order valence-electron chi connectivity index (χ4n) is 1.89. The highest BCUT2D eigenvalue weighted by molar-refractivity contribution is 5.71. The monoisotopic (exact) mass is 233 g/mol. The van der Waals surface area contributed by atoms with Crippen molar-refractivity contribution in [3.05, 3.63) is 35.9 Å². The number of aromatic nitrogens is 2. The molecular weight excluding hydrogens is 217 g/mol. The van der Waals surface area contributed by atoms with Crippen LogP contribution in [0, 0.1) is 5.82 Å². The molecule has 0 aliphatic rings. The quantitative estimate of drug-likeness (QED) is 0.866. The second-order valence-electron chi connectivity index (χ2n) is 4.43. The molecule has 0 amide bonds. The van der Waals surface area contributed by atoms with E-state index in [2.05, 4.69) is 18.8 Å². The fourth-order valence-corrected chi connectivity index (χ4v) is 1.89. The molecule has 0 aliphatic carbocycles. The lowest BCUT2D eigenvalue weighted by molar-refractivity contribution is 0.628. The number of nitrogen functional groups attached to an aromatic ring is 1. The van der Waals surface area contributed by atoms with Crippen LogP contribution in [-0.4, -0.2) is 9.55 Å². The number of imidazole rings is 1. The molecule has 0 bridgehead atoms. The molecule has 1 aromatic carbocycles. The van der Waals surface area contributed by atoms with E-state index in [-0.39, 0.29) is 11.7 Å². The van der Waals surface area contributed by atoms with Crippen LogP contribution in [-0.2, 0) is 7.05 Å². The van der Waals surface area contributed by atoms with Crippen LogP contribution in [0.5, 0.6) is 0 Å². The van der Waals surface area contributed by atoms with E-state index in [0.717, 1.165) is 5.82 Å². The van der Waals surface area contributed by atoms with Gasteiger partial charge in [0.05, 0.1) is 0 Å². The third-order valence-electron chi connectivity index (χ3n) is 2.79. The Morgan fingerprint density at radius 1 is 1.35 bits per heavy atom. The lowest BCUT2D eigenvalue weighted by Gasteiger charge is -2.04. The maximum absolute atomic E-state index is 13.2. The van der Waals surface area contributed by atoms with Gasteiger partial charge in [-0.15, -0.1) is 0 Å². The topological polar surface area (TPSA) is 43.8 Å². The maximum Gasteiger partial charge on any atom is 0.131 e. The molecule has 0 atom stereocenters. The molecule has 0 saturated heterocycles. The smallest absolute Gasteiger partial charge is 0.131 e. The molecule has 1 heterocycles. The number of benzene rings is 1. The summed E-state index contributed by atoms with van der Waals surface area (Å²) in [5.74, 6) is 1.48. The van der Waals surface area contributed by atoms with Crippen molar-refractivity contribution in [3.8, 4) is 11.3 Å². The van der Waals surface area contributed by atoms with Gasteiger partial charge in [0.15, 0.2) is 0 Å². The van der Waals surface area contributed by atoms with Crippen molar-refractivity contribution in [2.45, 2.75) is 19.8 Å². The van der Waals surface area contributed by atoms with Gasteiger partial charge in [0.25, 0.3) is 0 Å². The van der Waals surface area contributed by atoms with E-state index >= 15 is 0 Å². The SMILES string of the molecule is CC(C)c1nc(-c2cccc(F)c2)c(N)n1C. The lowest BCUT2D eigenvalue weighted by atomic mass is 10.1. The van der Waals surface area contributed by atoms with Gasteiger partial charge in [-0.25, -0.2) is 9.37 Å². The summed E-state index contributed by atoms with van der Waals surface area (Å²) < 4.78 is 15.0. The zero-order chi connectivity index (χ0) is 12.6. The molecule has 1 aromatic heterocycles. The van der Waals surface area contributed by atoms with E-state index in [4.69, 9.17) is 5.73 Å². The molecule has 0 spiro atoms. The van der Waals surface area contributed by atoms with Crippen LogP contribution in [0.25, 0.3) is 11.3 Å². The summed E-state index contributed by atoms with van der Waals surface area (Å²) in [6.45, 7) is 4.11. The molecular formula is C13H16FN3. The van der Waals surface area contributed by atoms with Crippen LogP contribution in [0.2, 0.25) is 0 Å². The zero-order valence-electron chi connectivity index (χ0n) is 10.2. The molecule has 2 aromatic rings. The summed E-state index contributed by atoms with van der Waals surface area (Å²) in [4.78, 5) is 4.49. The van der Waals surface area contributed by atoms with E-state index in [0.29, 0.717) is 17.1 Å². The summed E-state index contributed by atoms with van der Waals surface area (Å²) in [6.07, 6.45) is 0. The van der Waals surface area contributed by atoms with Crippen molar-refractivity contribution < 1.29 is 4.39 Å². The van der Waals surface area contributed by atoms with Gasteiger partial charge >= 0.3 is 0 Å². The van der Waals surface area contributed by atoms with E-state index < -0.39 is 0 Å². The molecule has 0 saturated carbocycles. The first-order valence-electron chi connectivity index (χ1n) is 5.58. The Morgan fingerprint density at radius 3 is 2.59 bits per heavy atom. The number of halogens is 1. The molecule has 2 N–H and O–H groups in total. The van der Waals surface area contributed by atoms with Crippen LogP contribution < -0.4 is 5.73 Å². The van der Waals surface area contributed by atoms with Crippen molar-refractivity contribution in [1.29, 1.82) is 0 Å². The summed E-state index contributed by atoms with van der Waals surface area (Å²) in [7, 11) is 1.88. The minimum atomic E-state index is -0.279. The van der Waals surface area contributed by atoms with E-state index in [1.54, 1.807) is 6.07 Å². The first-order chi connectivity index (χ1) is 8.00. The van der Waals surface area contributed by atoms with Crippen molar-refractivity contribution in [2.75, 3.05) is 5.73 Å². The van der Waals surface area contributed by atoms with Gasteiger partial charge in [0, 0.05) is 18.5 Å². The first kappa shape index (κ1) is 11.6. The van der Waals surface area contributed by atoms with Gasteiger partial charge in [-0.1, -0.05) is 26.0 Å². The van der Waals surface area contributed by atoms with Crippen LogP contribution in [0.15, 0.2) is 24.3 Å². The van der Waals surface area contributed by atoms with Crippen molar-refractivity contribution >= 4 is 5.82 Å². The first-order valence-corrected chi connectivity index (χ1v) is 5.58. The number of hydrogen-bond donors (Lipinski definition) is 1. The summed E-state index contributed by atoms with van der Waals surface area (Å²) >= 11 is 0. The summed E-state index contributed by atoms with van der Waals surface area (Å²) in [5.41, 5.74) is 7.36. The zero-order valence-corrected chi connectivity index (χ0v) is 10.2. The molecule has 4 heteroatoms. The van der Waals surface area contributed by atoms with E-state index in [1.807, 2.05) is 17.7 Å². The Balaban J connectivity index is 2.57. The fraction of sp³-hybridized carbons (Fsp3) is 0.308. The standard InChI is InChI=1S/C13H16FN3/c1-8(2)13-16-11(12(15)17(13)3)9-5-4-6-10(14)7-9/h4-8H,15H2,1-3H3. The van der Waals surface area contributed by atoms with E-state index in [1.165, 1.54) is 12.1 Å². The normalized spacial score (nSPS) is 11.1. The highest BCUT2D eigenvalue weighted by atomic mass is 19.1. The Morgan fingerprint density at radius 2 is 2.06 bits per heavy atom. The van der Waals surface area contributed by atoms with Crippen LogP contribution in [0.1, 0.15) is 25.6 Å². The van der Waals surface area contributed by atoms with Gasteiger partial charge in [-0.3, -0.25) is 0 Å².